The van der Waals surface area contributed by atoms with Crippen LogP contribution in [0.5, 0.6) is 0 Å². The Balaban J connectivity index is 4.14. The maximum absolute atomic E-state index is 12.9. The molecule has 0 spiro atoms. The highest BCUT2D eigenvalue weighted by Gasteiger charge is 2.19. The van der Waals surface area contributed by atoms with Crippen LogP contribution >= 0.6 is 0 Å². The van der Waals surface area contributed by atoms with Crippen molar-refractivity contribution < 1.29 is 28.6 Å². The number of carbonyl (C=O) groups is 3. The fourth-order valence-electron chi connectivity index (χ4n) is 11.0. The van der Waals surface area contributed by atoms with Gasteiger partial charge in [0.1, 0.15) is 13.2 Å². The number of hydrogen-bond donors (Lipinski definition) is 0. The summed E-state index contributed by atoms with van der Waals surface area (Å²) in [5, 5.41) is 0. The average Bonchev–Trinajstić information content (AvgIpc) is 3.45. The second-order valence-electron chi connectivity index (χ2n) is 24.5. The molecule has 0 saturated heterocycles. The maximum Gasteiger partial charge on any atom is 0.306 e. The second-order valence-corrected chi connectivity index (χ2v) is 24.5. The van der Waals surface area contributed by atoms with E-state index in [2.05, 4.69) is 45.1 Å². The van der Waals surface area contributed by atoms with Crippen molar-refractivity contribution in [3.8, 4) is 0 Å². The zero-order valence-electron chi connectivity index (χ0n) is 53.7. The molecule has 0 fully saturated rings. The van der Waals surface area contributed by atoms with Gasteiger partial charge in [0.25, 0.3) is 0 Å². The highest BCUT2D eigenvalue weighted by Crippen LogP contribution is 2.19. The van der Waals surface area contributed by atoms with Crippen LogP contribution < -0.4 is 0 Å². The summed E-state index contributed by atoms with van der Waals surface area (Å²) in [4.78, 5) is 38.4. The molecule has 6 heteroatoms. The van der Waals surface area contributed by atoms with Crippen molar-refractivity contribution in [3.63, 3.8) is 0 Å². The van der Waals surface area contributed by atoms with Crippen molar-refractivity contribution in [2.24, 2.45) is 0 Å². The molecule has 0 bridgehead atoms. The van der Waals surface area contributed by atoms with E-state index in [0.29, 0.717) is 19.3 Å². The minimum absolute atomic E-state index is 0.0705. The number of allylic oxidation sites excluding steroid dienone is 4. The van der Waals surface area contributed by atoms with E-state index in [-0.39, 0.29) is 31.1 Å². The summed E-state index contributed by atoms with van der Waals surface area (Å²) in [5.41, 5.74) is 0. The van der Waals surface area contributed by atoms with Crippen LogP contribution in [-0.2, 0) is 28.6 Å². The molecule has 0 aliphatic rings. The number of carbonyl (C=O) groups excluding carboxylic acids is 3. The molecule has 0 aliphatic carbocycles. The Morgan fingerprint density at radius 1 is 0.241 bits per heavy atom. The van der Waals surface area contributed by atoms with E-state index in [1.807, 2.05) is 0 Å². The third-order valence-corrected chi connectivity index (χ3v) is 16.4. The van der Waals surface area contributed by atoms with Crippen LogP contribution in [0.25, 0.3) is 0 Å². The summed E-state index contributed by atoms with van der Waals surface area (Å²) in [6.07, 6.45) is 83.7. The minimum Gasteiger partial charge on any atom is -0.462 e. The summed E-state index contributed by atoms with van der Waals surface area (Å²) >= 11 is 0. The Labute approximate surface area is 493 Å². The Bertz CT molecular complexity index is 1270. The molecule has 1 unspecified atom stereocenters. The molecular formula is C73H138O6. The monoisotopic (exact) mass is 1110 g/mol. The number of unbranched alkanes of at least 4 members (excludes halogenated alkanes) is 52. The van der Waals surface area contributed by atoms with Crippen LogP contribution in [0.15, 0.2) is 24.3 Å². The van der Waals surface area contributed by atoms with Crippen LogP contribution in [0, 0.1) is 0 Å². The molecule has 79 heavy (non-hydrogen) atoms. The number of hydrogen-bond acceptors (Lipinski definition) is 6. The fourth-order valence-corrected chi connectivity index (χ4v) is 11.0. The molecule has 0 aromatic rings. The zero-order valence-corrected chi connectivity index (χ0v) is 53.7. The zero-order chi connectivity index (χ0) is 57.1. The molecule has 0 aromatic heterocycles. The van der Waals surface area contributed by atoms with Gasteiger partial charge in [0.05, 0.1) is 0 Å². The van der Waals surface area contributed by atoms with Crippen molar-refractivity contribution in [3.05, 3.63) is 24.3 Å². The van der Waals surface area contributed by atoms with Gasteiger partial charge in [-0.2, -0.15) is 0 Å². The van der Waals surface area contributed by atoms with E-state index < -0.39 is 6.10 Å². The summed E-state index contributed by atoms with van der Waals surface area (Å²) in [5.74, 6) is -0.855. The molecule has 0 radical (unpaired) electrons. The van der Waals surface area contributed by atoms with E-state index in [4.69, 9.17) is 14.2 Å². The third-order valence-electron chi connectivity index (χ3n) is 16.4. The molecule has 466 valence electrons. The van der Waals surface area contributed by atoms with Crippen LogP contribution in [0.4, 0.5) is 0 Å². The molecule has 0 amide bonds. The SMILES string of the molecule is CCCCCC/C=C\CCCCCCCC(=O)OCC(COC(=O)CCCCCCCCCCCCCCCCCCCCCCCCCCCCCCCC)OC(=O)CCCCCCCCC/C=C\CCCCCCCCC. The summed E-state index contributed by atoms with van der Waals surface area (Å²) in [6, 6.07) is 0. The van der Waals surface area contributed by atoms with Gasteiger partial charge < -0.3 is 14.2 Å². The first-order valence-corrected chi connectivity index (χ1v) is 35.8. The highest BCUT2D eigenvalue weighted by molar-refractivity contribution is 5.71. The topological polar surface area (TPSA) is 78.9 Å². The molecule has 0 N–H and O–H groups in total. The average molecular weight is 1110 g/mol. The van der Waals surface area contributed by atoms with E-state index in [1.165, 1.54) is 302 Å². The lowest BCUT2D eigenvalue weighted by atomic mass is 10.0. The van der Waals surface area contributed by atoms with Gasteiger partial charge in [-0.15, -0.1) is 0 Å². The second kappa shape index (κ2) is 68.4. The first-order valence-electron chi connectivity index (χ1n) is 35.8. The number of rotatable bonds is 67. The van der Waals surface area contributed by atoms with Crippen molar-refractivity contribution in [2.45, 2.75) is 412 Å². The first kappa shape index (κ1) is 76.9. The van der Waals surface area contributed by atoms with E-state index in [1.54, 1.807) is 0 Å². The number of ether oxygens (including phenoxy) is 3. The van der Waals surface area contributed by atoms with E-state index >= 15 is 0 Å². The summed E-state index contributed by atoms with van der Waals surface area (Å²) < 4.78 is 17.0. The Hall–Kier alpha value is -2.11. The summed E-state index contributed by atoms with van der Waals surface area (Å²) in [6.45, 7) is 6.69. The van der Waals surface area contributed by atoms with Crippen molar-refractivity contribution >= 4 is 17.9 Å². The molecule has 0 aromatic carbocycles. The minimum atomic E-state index is -0.775. The molecule has 0 rings (SSSR count). The predicted octanol–water partition coefficient (Wildman–Crippen LogP) is 24.6. The first-order chi connectivity index (χ1) is 39.0. The molecule has 0 aliphatic heterocycles. The molecule has 6 nitrogen and oxygen atoms in total. The van der Waals surface area contributed by atoms with Crippen molar-refractivity contribution in [1.29, 1.82) is 0 Å². The molecule has 0 saturated carbocycles. The standard InChI is InChI=1S/C73H138O6/c1-4-7-10-13-16-19-22-25-27-29-31-32-33-34-35-36-37-38-39-40-41-42-44-45-48-51-54-57-60-63-66-72(75)78-69-70(68-77-71(74)65-62-59-56-53-50-47-24-21-18-15-12-9-6-3)79-73(76)67-64-61-58-55-52-49-46-43-30-28-26-23-20-17-14-11-8-5-2/h21,24,28,30,70H,4-20,22-23,25-27,29,31-69H2,1-3H3/b24-21-,30-28-. The summed E-state index contributed by atoms with van der Waals surface area (Å²) in [7, 11) is 0. The van der Waals surface area contributed by atoms with Gasteiger partial charge in [-0.3, -0.25) is 14.4 Å². The van der Waals surface area contributed by atoms with Gasteiger partial charge in [-0.05, 0) is 70.6 Å². The van der Waals surface area contributed by atoms with E-state index in [0.717, 1.165) is 64.2 Å². The van der Waals surface area contributed by atoms with Gasteiger partial charge in [0.2, 0.25) is 0 Å². The van der Waals surface area contributed by atoms with Crippen molar-refractivity contribution in [2.75, 3.05) is 13.2 Å². The Morgan fingerprint density at radius 3 is 0.646 bits per heavy atom. The van der Waals surface area contributed by atoms with Gasteiger partial charge in [0.15, 0.2) is 6.10 Å². The molecule has 0 heterocycles. The lowest BCUT2D eigenvalue weighted by Gasteiger charge is -2.18. The van der Waals surface area contributed by atoms with Crippen LogP contribution in [0.3, 0.4) is 0 Å². The quantitative estimate of drug-likeness (QED) is 0.0261. The Morgan fingerprint density at radius 2 is 0.418 bits per heavy atom. The van der Waals surface area contributed by atoms with Gasteiger partial charge in [-0.25, -0.2) is 0 Å². The van der Waals surface area contributed by atoms with Gasteiger partial charge in [-0.1, -0.05) is 340 Å². The third kappa shape index (κ3) is 66.6. The molecular weight excluding hydrogens is 973 g/mol. The predicted molar refractivity (Wildman–Crippen MR) is 344 cm³/mol. The largest absolute Gasteiger partial charge is 0.462 e. The van der Waals surface area contributed by atoms with Gasteiger partial charge >= 0.3 is 17.9 Å². The lowest BCUT2D eigenvalue weighted by molar-refractivity contribution is -0.167. The van der Waals surface area contributed by atoms with Crippen LogP contribution in [-0.4, -0.2) is 37.2 Å². The molecule has 1 atom stereocenters. The van der Waals surface area contributed by atoms with Crippen molar-refractivity contribution in [1.82, 2.24) is 0 Å². The van der Waals surface area contributed by atoms with Crippen LogP contribution in [0.1, 0.15) is 406 Å². The highest BCUT2D eigenvalue weighted by atomic mass is 16.6. The van der Waals surface area contributed by atoms with E-state index in [9.17, 15) is 14.4 Å². The maximum atomic E-state index is 12.9. The Kier molecular flexibility index (Phi) is 66.6. The normalized spacial score (nSPS) is 12.1. The number of esters is 3. The lowest BCUT2D eigenvalue weighted by Crippen LogP contribution is -2.30. The fraction of sp³-hybridized carbons (Fsp3) is 0.904. The van der Waals surface area contributed by atoms with Gasteiger partial charge in [0, 0.05) is 19.3 Å². The smallest absolute Gasteiger partial charge is 0.306 e. The van der Waals surface area contributed by atoms with Crippen LogP contribution in [0.2, 0.25) is 0 Å².